The molecule has 3 nitrogen and oxygen atoms in total. The van der Waals surface area contributed by atoms with Gasteiger partial charge < -0.3 is 0 Å². The monoisotopic (exact) mass is 117 g/mol. The van der Waals surface area contributed by atoms with E-state index in [9.17, 15) is 0 Å². The summed E-state index contributed by atoms with van der Waals surface area (Å²) in [5, 5.41) is 0. The van der Waals surface area contributed by atoms with Gasteiger partial charge in [0.1, 0.15) is 0 Å². The third-order valence-corrected chi connectivity index (χ3v) is 0. The summed E-state index contributed by atoms with van der Waals surface area (Å²) in [6.07, 6.45) is 0. The van der Waals surface area contributed by atoms with Crippen LogP contribution >= 0.6 is 0 Å². The van der Waals surface area contributed by atoms with Gasteiger partial charge in [-0.05, 0) is 0 Å². The first-order valence-electron chi connectivity index (χ1n) is 0.463. The van der Waals surface area contributed by atoms with Crippen molar-refractivity contribution in [1.29, 1.82) is 0 Å². The summed E-state index contributed by atoms with van der Waals surface area (Å²) in [5.41, 5.74) is 0. The van der Waals surface area contributed by atoms with Crippen LogP contribution in [0.1, 0.15) is 0 Å². The van der Waals surface area contributed by atoms with Crippen molar-refractivity contribution >= 4 is 0 Å². The van der Waals surface area contributed by atoms with Gasteiger partial charge in [-0.2, -0.15) is 0 Å². The Kier molecular flexibility index (Phi) is 25.2. The van der Waals surface area contributed by atoms with Crippen molar-refractivity contribution in [1.82, 2.24) is 0 Å². The molecule has 0 saturated carbocycles. The van der Waals surface area contributed by atoms with E-state index in [1.807, 2.05) is 0 Å². The second-order valence-corrected chi connectivity index (χ2v) is 0.779. The van der Waals surface area contributed by atoms with Gasteiger partial charge in [0.15, 0.2) is 0 Å². The van der Waals surface area contributed by atoms with E-state index in [-0.39, 0.29) is 37.7 Å². The van der Waals surface area contributed by atoms with Gasteiger partial charge in [0, 0.05) is 0 Å². The van der Waals surface area contributed by atoms with Crippen LogP contribution in [-0.4, -0.2) is 0 Å². The second kappa shape index (κ2) is 9.66. The fraction of sp³-hybridized carbons (Fsp3) is 0. The van der Waals surface area contributed by atoms with Gasteiger partial charge in [-0.1, -0.05) is 0 Å². The molecule has 0 aromatic carbocycles. The molecule has 0 bridgehead atoms. The minimum absolute atomic E-state index is 0. The Balaban J connectivity index is -0.0000000450. The Hall–Kier alpha value is 1.43. The first kappa shape index (κ1) is 15.7. The van der Waals surface area contributed by atoms with Gasteiger partial charge in [-0.25, -0.2) is 0 Å². The van der Waals surface area contributed by atoms with Gasteiger partial charge >= 0.3 is 64.4 Å². The summed E-state index contributed by atoms with van der Waals surface area (Å²) in [6.45, 7) is 0. The van der Waals surface area contributed by atoms with Crippen molar-refractivity contribution in [2.24, 2.45) is 0 Å². The van der Waals surface area contributed by atoms with Crippen molar-refractivity contribution in [3.8, 4) is 0 Å². The summed E-state index contributed by atoms with van der Waals surface area (Å²) in [4.78, 5) is 0. The third kappa shape index (κ3) is 51.9. The maximum absolute atomic E-state index is 8.52. The first-order valence-corrected chi connectivity index (χ1v) is 1.91. The molecule has 6 heavy (non-hydrogen) atoms. The van der Waals surface area contributed by atoms with Gasteiger partial charge in [0.05, 0.1) is 0 Å². The van der Waals surface area contributed by atoms with Crippen LogP contribution in [0.2, 0.25) is 0 Å². The molecule has 0 aliphatic heterocycles. The topological polar surface area (TPSA) is 63.2 Å². The number of hydrogen-bond acceptors (Lipinski definition) is 3. The van der Waals surface area contributed by atoms with Crippen LogP contribution in [0.5, 0.6) is 0 Å². The predicted octanol–water partition coefficient (Wildman–Crippen LogP) is -8.49. The van der Waals surface area contributed by atoms with Crippen LogP contribution in [0.3, 0.4) is 0 Å². The molecule has 0 amide bonds. The fourth-order valence-electron chi connectivity index (χ4n) is 0. The van der Waals surface area contributed by atoms with E-state index in [1.54, 1.807) is 0 Å². The third-order valence-electron chi connectivity index (χ3n) is 0. The van der Waals surface area contributed by atoms with E-state index in [2.05, 4.69) is 0 Å². The summed E-state index contributed by atoms with van der Waals surface area (Å²) in [7, 11) is 0. The Bertz CT molecular complexity index is 31.8. The van der Waals surface area contributed by atoms with Crippen molar-refractivity contribution in [2.75, 3.05) is 0 Å². The molecular formula is Li2MnO3. The van der Waals surface area contributed by atoms with Crippen molar-refractivity contribution < 1.29 is 64.4 Å². The maximum atomic E-state index is 8.52. The summed E-state index contributed by atoms with van der Waals surface area (Å²) < 4.78 is 25.6. The summed E-state index contributed by atoms with van der Waals surface area (Å²) in [5.74, 6) is 0. The van der Waals surface area contributed by atoms with Gasteiger partial charge in [0.25, 0.3) is 0 Å². The molecule has 0 aliphatic rings. The molecule has 0 aromatic rings. The Morgan fingerprint density at radius 1 is 1.17 bits per heavy atom. The average Bonchev–Trinajstić information content (AvgIpc) is 0.811. The van der Waals surface area contributed by atoms with Crippen molar-refractivity contribution in [2.45, 2.75) is 0 Å². The number of hydrogen-bond donors (Lipinski definition) is 0. The Morgan fingerprint density at radius 3 is 1.17 bits per heavy atom. The summed E-state index contributed by atoms with van der Waals surface area (Å²) >= 11 is -3.65. The zero-order valence-corrected chi connectivity index (χ0v) is 4.78. The molecular weight excluding hydrogens is 117 g/mol. The average molecular weight is 117 g/mol. The van der Waals surface area contributed by atoms with E-state index in [4.69, 9.17) is 12.2 Å². The van der Waals surface area contributed by atoms with E-state index < -0.39 is 14.5 Å². The molecule has 27 valence electrons. The molecule has 0 radical (unpaired) electrons. The van der Waals surface area contributed by atoms with Gasteiger partial charge in [-0.15, -0.1) is 0 Å². The Morgan fingerprint density at radius 2 is 1.17 bits per heavy atom. The summed E-state index contributed by atoms with van der Waals surface area (Å²) in [6, 6.07) is 0. The van der Waals surface area contributed by atoms with E-state index in [0.717, 1.165) is 0 Å². The molecule has 0 heterocycles. The quantitative estimate of drug-likeness (QED) is 0.296. The van der Waals surface area contributed by atoms with E-state index in [1.165, 1.54) is 0 Å². The van der Waals surface area contributed by atoms with Crippen molar-refractivity contribution in [3.05, 3.63) is 0 Å². The molecule has 6 heteroatoms. The first-order chi connectivity index (χ1) is 1.73. The molecule has 0 unspecified atom stereocenters. The minimum atomic E-state index is -3.65. The van der Waals surface area contributed by atoms with E-state index in [0.29, 0.717) is 0 Å². The van der Waals surface area contributed by atoms with Crippen molar-refractivity contribution in [3.63, 3.8) is 0 Å². The fourth-order valence-corrected chi connectivity index (χ4v) is 0. The van der Waals surface area contributed by atoms with E-state index >= 15 is 0 Å². The van der Waals surface area contributed by atoms with Crippen LogP contribution < -0.4 is 46.1 Å². The molecule has 0 atom stereocenters. The number of rotatable bonds is 0. The molecule has 0 aliphatic carbocycles. The molecule has 0 spiro atoms. The Labute approximate surface area is 64.2 Å². The van der Waals surface area contributed by atoms with Gasteiger partial charge in [0.2, 0.25) is 0 Å². The molecule has 0 fully saturated rings. The molecule has 0 rings (SSSR count). The van der Waals surface area contributed by atoms with Gasteiger partial charge in [-0.3, -0.25) is 0 Å². The molecule has 0 saturated heterocycles. The zero-order valence-electron chi connectivity index (χ0n) is 3.60. The van der Waals surface area contributed by atoms with Crippen LogP contribution in [0.15, 0.2) is 0 Å². The SMILES string of the molecule is [Li+].[Li+].[O]=[Mn]([O-])[O-]. The molecule has 0 N–H and O–H groups in total. The van der Waals surface area contributed by atoms with Crippen LogP contribution in [0.4, 0.5) is 0 Å². The zero-order chi connectivity index (χ0) is 3.58. The van der Waals surface area contributed by atoms with Crippen LogP contribution in [0.25, 0.3) is 0 Å². The normalized spacial score (nSPS) is 5.83. The molecule has 0 aromatic heterocycles. The van der Waals surface area contributed by atoms with Crippen LogP contribution in [-0.2, 0) is 18.3 Å². The van der Waals surface area contributed by atoms with Crippen LogP contribution in [0, 0.1) is 0 Å². The standard InChI is InChI=1S/2Li.Mn.3O/q2*+1;;;2*-1. The second-order valence-electron chi connectivity index (χ2n) is 0.189. The predicted molar refractivity (Wildman–Crippen MR) is 0.686 cm³/mol.